The number of hydrogen-bond acceptors (Lipinski definition) is 2. The van der Waals surface area contributed by atoms with Crippen LogP contribution in [0.2, 0.25) is 0 Å². The molecule has 1 atom stereocenters. The van der Waals surface area contributed by atoms with Gasteiger partial charge in [-0.15, -0.1) is 11.3 Å². The predicted octanol–water partition coefficient (Wildman–Crippen LogP) is 4.33. The predicted molar refractivity (Wildman–Crippen MR) is 71.6 cm³/mol. The van der Waals surface area contributed by atoms with E-state index in [0.717, 1.165) is 6.42 Å². The molecular weight excluding hydrogens is 270 g/mol. The molecule has 80 valence electrons. The Morgan fingerprint density at radius 3 is 2.93 bits per heavy atom. The normalized spacial score (nSPS) is 13.3. The van der Waals surface area contributed by atoms with Crippen molar-refractivity contribution in [2.45, 2.75) is 19.4 Å². The van der Waals surface area contributed by atoms with E-state index in [1.165, 1.54) is 20.1 Å². The summed E-state index contributed by atoms with van der Waals surface area (Å²) in [6, 6.07) is 6.87. The highest BCUT2D eigenvalue weighted by molar-refractivity contribution is 9.10. The van der Waals surface area contributed by atoms with Crippen LogP contribution in [0.25, 0.3) is 10.1 Å². The minimum atomic E-state index is 0.466. The maximum atomic E-state index is 3.59. The number of nitrogens with one attached hydrogen (secondary N) is 1. The fourth-order valence-corrected chi connectivity index (χ4v) is 3.57. The Balaban J connectivity index is 2.58. The van der Waals surface area contributed by atoms with Crippen LogP contribution in [0.4, 0.5) is 0 Å². The molecule has 1 aromatic heterocycles. The van der Waals surface area contributed by atoms with Crippen molar-refractivity contribution in [3.8, 4) is 0 Å². The first-order chi connectivity index (χ1) is 7.27. The van der Waals surface area contributed by atoms with Gasteiger partial charge in [-0.2, -0.15) is 0 Å². The van der Waals surface area contributed by atoms with E-state index in [0.29, 0.717) is 6.04 Å². The summed E-state index contributed by atoms with van der Waals surface area (Å²) in [6.07, 6.45) is 1.12. The smallest absolute Gasteiger partial charge is 0.0488 e. The van der Waals surface area contributed by atoms with E-state index in [2.05, 4.69) is 51.7 Å². The zero-order valence-corrected chi connectivity index (χ0v) is 11.3. The van der Waals surface area contributed by atoms with Crippen LogP contribution in [0.1, 0.15) is 24.9 Å². The zero-order valence-electron chi connectivity index (χ0n) is 8.88. The van der Waals surface area contributed by atoms with Crippen molar-refractivity contribution in [1.82, 2.24) is 5.32 Å². The van der Waals surface area contributed by atoms with Gasteiger partial charge in [-0.25, -0.2) is 0 Å². The monoisotopic (exact) mass is 283 g/mol. The molecule has 0 amide bonds. The van der Waals surface area contributed by atoms with Gasteiger partial charge in [-0.3, -0.25) is 0 Å². The number of benzene rings is 1. The lowest BCUT2D eigenvalue weighted by Gasteiger charge is -2.12. The Labute approximate surface area is 103 Å². The molecular formula is C12H14BrNS. The van der Waals surface area contributed by atoms with Crippen LogP contribution >= 0.6 is 27.3 Å². The molecule has 0 radical (unpaired) electrons. The molecule has 0 fully saturated rings. The lowest BCUT2D eigenvalue weighted by molar-refractivity contribution is 0.582. The molecule has 0 saturated heterocycles. The van der Waals surface area contributed by atoms with Gasteiger partial charge in [0.25, 0.3) is 0 Å². The summed E-state index contributed by atoms with van der Waals surface area (Å²) >= 11 is 5.41. The van der Waals surface area contributed by atoms with Gasteiger partial charge in [0.15, 0.2) is 0 Å². The highest BCUT2D eigenvalue weighted by atomic mass is 79.9. The van der Waals surface area contributed by atoms with E-state index in [1.54, 1.807) is 0 Å². The summed E-state index contributed by atoms with van der Waals surface area (Å²) < 4.78 is 2.54. The van der Waals surface area contributed by atoms with Crippen LogP contribution in [0.3, 0.4) is 0 Å². The molecule has 1 unspecified atom stereocenters. The van der Waals surface area contributed by atoms with Gasteiger partial charge in [0.05, 0.1) is 0 Å². The molecule has 0 aliphatic rings. The summed E-state index contributed by atoms with van der Waals surface area (Å²) in [5, 5.41) is 6.99. The minimum Gasteiger partial charge on any atom is -0.313 e. The minimum absolute atomic E-state index is 0.466. The van der Waals surface area contributed by atoms with Crippen LogP contribution in [0, 0.1) is 0 Å². The van der Waals surface area contributed by atoms with Gasteiger partial charge < -0.3 is 5.32 Å². The van der Waals surface area contributed by atoms with Crippen LogP contribution < -0.4 is 5.32 Å². The molecule has 2 aromatic rings. The van der Waals surface area contributed by atoms with Gasteiger partial charge in [-0.1, -0.05) is 19.1 Å². The molecule has 0 bridgehead atoms. The second-order valence-electron chi connectivity index (χ2n) is 3.56. The molecule has 0 aliphatic heterocycles. The number of rotatable bonds is 3. The summed E-state index contributed by atoms with van der Waals surface area (Å²) in [6.45, 7) is 2.21. The first-order valence-corrected chi connectivity index (χ1v) is 6.78. The van der Waals surface area contributed by atoms with Crippen molar-refractivity contribution in [3.63, 3.8) is 0 Å². The lowest BCUT2D eigenvalue weighted by Crippen LogP contribution is -2.14. The molecule has 2 rings (SSSR count). The van der Waals surface area contributed by atoms with Crippen molar-refractivity contribution in [2.24, 2.45) is 0 Å². The summed E-state index contributed by atoms with van der Waals surface area (Å²) in [7, 11) is 2.02. The molecule has 0 spiro atoms. The molecule has 1 aromatic carbocycles. The highest BCUT2D eigenvalue weighted by Gasteiger charge is 2.13. The maximum Gasteiger partial charge on any atom is 0.0488 e. The molecule has 0 saturated carbocycles. The Kier molecular flexibility index (Phi) is 3.44. The van der Waals surface area contributed by atoms with E-state index in [1.807, 2.05) is 18.4 Å². The van der Waals surface area contributed by atoms with E-state index in [-0.39, 0.29) is 0 Å². The first kappa shape index (κ1) is 11.1. The summed E-state index contributed by atoms with van der Waals surface area (Å²) in [5.41, 5.74) is 1.42. The third-order valence-corrected chi connectivity index (χ3v) is 4.68. The number of fused-ring (bicyclic) bond motifs is 1. The number of hydrogen-bond donors (Lipinski definition) is 1. The molecule has 1 heterocycles. The Morgan fingerprint density at radius 2 is 2.27 bits per heavy atom. The van der Waals surface area contributed by atoms with Gasteiger partial charge in [0.2, 0.25) is 0 Å². The SMILES string of the molecule is CCC(NC)c1csc2c(Br)cccc12. The summed E-state index contributed by atoms with van der Waals surface area (Å²) in [4.78, 5) is 0. The van der Waals surface area contributed by atoms with Crippen molar-refractivity contribution < 1.29 is 0 Å². The maximum absolute atomic E-state index is 3.59. The van der Waals surface area contributed by atoms with E-state index in [9.17, 15) is 0 Å². The second-order valence-corrected chi connectivity index (χ2v) is 5.29. The highest BCUT2D eigenvalue weighted by Crippen LogP contribution is 2.35. The topological polar surface area (TPSA) is 12.0 Å². The molecule has 3 heteroatoms. The van der Waals surface area contributed by atoms with Crippen molar-refractivity contribution >= 4 is 37.4 Å². The first-order valence-electron chi connectivity index (χ1n) is 5.10. The Bertz CT molecular complexity index is 460. The zero-order chi connectivity index (χ0) is 10.8. The van der Waals surface area contributed by atoms with Crippen LogP contribution in [0.15, 0.2) is 28.1 Å². The van der Waals surface area contributed by atoms with Crippen LogP contribution in [-0.4, -0.2) is 7.05 Å². The molecule has 1 N–H and O–H groups in total. The van der Waals surface area contributed by atoms with Gasteiger partial charge >= 0.3 is 0 Å². The standard InChI is InChI=1S/C12H14BrNS/c1-3-11(14-2)9-7-15-12-8(9)5-4-6-10(12)13/h4-7,11,14H,3H2,1-2H3. The average Bonchev–Trinajstić information content (AvgIpc) is 2.66. The fraction of sp³-hybridized carbons (Fsp3) is 0.333. The average molecular weight is 284 g/mol. The number of halogens is 1. The van der Waals surface area contributed by atoms with Crippen LogP contribution in [0.5, 0.6) is 0 Å². The lowest BCUT2D eigenvalue weighted by atomic mass is 10.0. The molecule has 1 nitrogen and oxygen atoms in total. The molecule has 0 aliphatic carbocycles. The third-order valence-electron chi connectivity index (χ3n) is 2.71. The third kappa shape index (κ3) is 1.96. The Morgan fingerprint density at radius 1 is 1.47 bits per heavy atom. The van der Waals surface area contributed by atoms with Gasteiger partial charge in [0, 0.05) is 15.2 Å². The van der Waals surface area contributed by atoms with E-state index >= 15 is 0 Å². The van der Waals surface area contributed by atoms with E-state index < -0.39 is 0 Å². The largest absolute Gasteiger partial charge is 0.313 e. The van der Waals surface area contributed by atoms with Crippen molar-refractivity contribution in [3.05, 3.63) is 33.6 Å². The van der Waals surface area contributed by atoms with Gasteiger partial charge in [0.1, 0.15) is 0 Å². The molecule has 15 heavy (non-hydrogen) atoms. The van der Waals surface area contributed by atoms with Gasteiger partial charge in [-0.05, 0) is 51.8 Å². The van der Waals surface area contributed by atoms with Crippen molar-refractivity contribution in [1.29, 1.82) is 0 Å². The number of thiophene rings is 1. The van der Waals surface area contributed by atoms with Crippen LogP contribution in [-0.2, 0) is 0 Å². The Hall–Kier alpha value is -0.380. The quantitative estimate of drug-likeness (QED) is 0.884. The van der Waals surface area contributed by atoms with E-state index in [4.69, 9.17) is 0 Å². The fourth-order valence-electron chi connectivity index (χ4n) is 1.89. The van der Waals surface area contributed by atoms with Crippen molar-refractivity contribution in [2.75, 3.05) is 7.05 Å². The summed E-state index contributed by atoms with van der Waals surface area (Å²) in [5.74, 6) is 0. The second kappa shape index (κ2) is 4.64.